The first-order chi connectivity index (χ1) is 12.2. The number of benzene rings is 1. The molecule has 4 aliphatic rings. The monoisotopic (exact) mass is 340 g/mol. The Hall–Kier alpha value is -2.63. The number of ether oxygens (including phenoxy) is 2. The van der Waals surface area contributed by atoms with Crippen LogP contribution in [-0.2, 0) is 9.59 Å². The van der Waals surface area contributed by atoms with Crippen LogP contribution in [0.3, 0.4) is 0 Å². The number of fused-ring (bicyclic) bond motifs is 1. The zero-order valence-corrected chi connectivity index (χ0v) is 14.2. The molecule has 25 heavy (non-hydrogen) atoms. The second-order valence-corrected chi connectivity index (χ2v) is 6.66. The fourth-order valence-electron chi connectivity index (χ4n) is 4.31. The summed E-state index contributed by atoms with van der Waals surface area (Å²) in [6, 6.07) is 5.38. The van der Waals surface area contributed by atoms with Gasteiger partial charge in [-0.15, -0.1) is 0 Å². The number of carbonyl (C=O) groups is 2. The Morgan fingerprint density at radius 3 is 2.20 bits per heavy atom. The Bertz CT molecular complexity index is 754. The van der Waals surface area contributed by atoms with E-state index in [9.17, 15) is 9.59 Å². The van der Waals surface area contributed by atoms with Crippen molar-refractivity contribution in [2.24, 2.45) is 28.8 Å². The summed E-state index contributed by atoms with van der Waals surface area (Å²) in [6.07, 6.45) is 7.63. The van der Waals surface area contributed by atoms with Gasteiger partial charge in [-0.3, -0.25) is 9.59 Å². The molecule has 1 aromatic rings. The largest absolute Gasteiger partial charge is 0.493 e. The molecule has 6 heteroatoms. The van der Waals surface area contributed by atoms with E-state index >= 15 is 0 Å². The minimum absolute atomic E-state index is 0.165. The van der Waals surface area contributed by atoms with Crippen LogP contribution >= 0.6 is 0 Å². The highest BCUT2D eigenvalue weighted by molar-refractivity contribution is 6.06. The average Bonchev–Trinajstić information content (AvgIpc) is 2.93. The highest BCUT2D eigenvalue weighted by Gasteiger charge is 2.56. The molecule has 4 atom stereocenters. The van der Waals surface area contributed by atoms with E-state index in [2.05, 4.69) is 17.3 Å². The molecule has 0 unspecified atom stereocenters. The van der Waals surface area contributed by atoms with Crippen molar-refractivity contribution in [2.45, 2.75) is 12.8 Å². The van der Waals surface area contributed by atoms with Gasteiger partial charge in [0.05, 0.1) is 32.3 Å². The van der Waals surface area contributed by atoms with Gasteiger partial charge >= 0.3 is 0 Å². The summed E-state index contributed by atoms with van der Waals surface area (Å²) in [4.78, 5) is 25.5. The number of hydrogen-bond acceptors (Lipinski definition) is 5. The van der Waals surface area contributed by atoms with E-state index in [1.807, 2.05) is 0 Å². The van der Waals surface area contributed by atoms with Crippen LogP contribution in [0.15, 0.2) is 35.5 Å². The molecule has 2 amide bonds. The third-order valence-corrected chi connectivity index (χ3v) is 5.48. The normalized spacial score (nSPS) is 30.2. The number of methoxy groups -OCH3 is 2. The van der Waals surface area contributed by atoms with E-state index in [0.29, 0.717) is 17.1 Å². The zero-order chi connectivity index (χ0) is 17.6. The van der Waals surface area contributed by atoms with Crippen LogP contribution in [0.1, 0.15) is 18.4 Å². The SMILES string of the molecule is COc1cccc(/C=N\N2C(=O)[C@H]3[C@H](C2=O)[C@@H]2C=C[C@@H]3CC2)c1OC. The van der Waals surface area contributed by atoms with E-state index in [1.54, 1.807) is 32.4 Å². The average molecular weight is 340 g/mol. The summed E-state index contributed by atoms with van der Waals surface area (Å²) < 4.78 is 10.6. The number of hydrazone groups is 1. The lowest BCUT2D eigenvalue weighted by Crippen LogP contribution is -2.38. The molecule has 0 aromatic heterocycles. The maximum Gasteiger partial charge on any atom is 0.254 e. The van der Waals surface area contributed by atoms with Crippen molar-refractivity contribution >= 4 is 18.0 Å². The van der Waals surface area contributed by atoms with Crippen molar-refractivity contribution in [3.05, 3.63) is 35.9 Å². The van der Waals surface area contributed by atoms with Crippen molar-refractivity contribution in [3.63, 3.8) is 0 Å². The number of para-hydroxylation sites is 1. The highest BCUT2D eigenvalue weighted by atomic mass is 16.5. The van der Waals surface area contributed by atoms with E-state index in [0.717, 1.165) is 17.9 Å². The molecule has 0 spiro atoms. The Labute approximate surface area is 146 Å². The summed E-state index contributed by atoms with van der Waals surface area (Å²) >= 11 is 0. The number of imide groups is 1. The minimum Gasteiger partial charge on any atom is -0.493 e. The summed E-state index contributed by atoms with van der Waals surface area (Å²) in [5, 5.41) is 5.25. The van der Waals surface area contributed by atoms with Gasteiger partial charge in [0.25, 0.3) is 11.8 Å². The van der Waals surface area contributed by atoms with Crippen molar-refractivity contribution in [1.82, 2.24) is 5.01 Å². The van der Waals surface area contributed by atoms with Crippen LogP contribution in [0.25, 0.3) is 0 Å². The first-order valence-corrected chi connectivity index (χ1v) is 8.46. The standard InChI is InChI=1S/C19H20N2O4/c1-24-14-5-3-4-13(17(14)25-2)10-20-21-18(22)15-11-6-7-12(9-8-11)16(15)19(21)23/h3-7,10-12,15-16H,8-9H2,1-2H3/b20-10-/t11-,12-,15-,16-/m1/s1. The fraction of sp³-hybridized carbons (Fsp3) is 0.421. The first kappa shape index (κ1) is 15.9. The summed E-state index contributed by atoms with van der Waals surface area (Å²) in [5.74, 6) is 0.546. The van der Waals surface area contributed by atoms with E-state index in [1.165, 1.54) is 6.21 Å². The van der Waals surface area contributed by atoms with Crippen LogP contribution in [0, 0.1) is 23.7 Å². The number of amides is 2. The second kappa shape index (κ2) is 6.02. The maximum absolute atomic E-state index is 12.7. The molecule has 1 saturated heterocycles. The molecule has 0 radical (unpaired) electrons. The topological polar surface area (TPSA) is 68.2 Å². The predicted octanol–water partition coefficient (Wildman–Crippen LogP) is 2.23. The molecule has 130 valence electrons. The van der Waals surface area contributed by atoms with Crippen LogP contribution in [0.4, 0.5) is 0 Å². The molecular formula is C19H20N2O4. The van der Waals surface area contributed by atoms with Gasteiger partial charge in [0.2, 0.25) is 0 Å². The quantitative estimate of drug-likeness (QED) is 0.479. The first-order valence-electron chi connectivity index (χ1n) is 8.46. The van der Waals surface area contributed by atoms with Gasteiger partial charge in [0.15, 0.2) is 11.5 Å². The van der Waals surface area contributed by atoms with Crippen LogP contribution < -0.4 is 9.47 Å². The van der Waals surface area contributed by atoms with Crippen LogP contribution in [0.2, 0.25) is 0 Å². The predicted molar refractivity (Wildman–Crippen MR) is 91.3 cm³/mol. The van der Waals surface area contributed by atoms with Crippen LogP contribution in [-0.4, -0.2) is 37.3 Å². The fourth-order valence-corrected chi connectivity index (χ4v) is 4.31. The molecule has 1 aromatic carbocycles. The Morgan fingerprint density at radius 2 is 1.68 bits per heavy atom. The lowest BCUT2D eigenvalue weighted by atomic mass is 9.63. The van der Waals surface area contributed by atoms with Crippen molar-refractivity contribution < 1.29 is 19.1 Å². The van der Waals surface area contributed by atoms with E-state index in [4.69, 9.17) is 9.47 Å². The Morgan fingerprint density at radius 1 is 1.04 bits per heavy atom. The smallest absolute Gasteiger partial charge is 0.254 e. The Balaban J connectivity index is 1.63. The zero-order valence-electron chi connectivity index (χ0n) is 14.2. The summed E-state index contributed by atoms with van der Waals surface area (Å²) in [7, 11) is 3.10. The molecule has 3 aliphatic carbocycles. The number of hydrogen-bond donors (Lipinski definition) is 0. The number of nitrogens with zero attached hydrogens (tertiary/aromatic N) is 2. The van der Waals surface area contributed by atoms with Gasteiger partial charge in [-0.25, -0.2) is 0 Å². The van der Waals surface area contributed by atoms with Crippen molar-refractivity contribution in [2.75, 3.05) is 14.2 Å². The molecule has 1 heterocycles. The third-order valence-electron chi connectivity index (χ3n) is 5.48. The van der Waals surface area contributed by atoms with Gasteiger partial charge in [-0.05, 0) is 36.8 Å². The molecule has 0 N–H and O–H groups in total. The van der Waals surface area contributed by atoms with Gasteiger partial charge in [0, 0.05) is 5.56 Å². The van der Waals surface area contributed by atoms with Gasteiger partial charge < -0.3 is 9.47 Å². The highest BCUT2D eigenvalue weighted by Crippen LogP contribution is 2.49. The third kappa shape index (κ3) is 2.35. The second-order valence-electron chi connectivity index (χ2n) is 6.66. The summed E-state index contributed by atoms with van der Waals surface area (Å²) in [6.45, 7) is 0. The van der Waals surface area contributed by atoms with Gasteiger partial charge in [0.1, 0.15) is 0 Å². The van der Waals surface area contributed by atoms with Crippen molar-refractivity contribution in [1.29, 1.82) is 0 Å². The molecule has 2 bridgehead atoms. The maximum atomic E-state index is 12.7. The molecule has 1 aliphatic heterocycles. The molecule has 1 saturated carbocycles. The van der Waals surface area contributed by atoms with E-state index in [-0.39, 0.29) is 35.5 Å². The molecule has 5 rings (SSSR count). The lowest BCUT2D eigenvalue weighted by Gasteiger charge is -2.37. The van der Waals surface area contributed by atoms with E-state index < -0.39 is 0 Å². The number of allylic oxidation sites excluding steroid dienone is 2. The van der Waals surface area contributed by atoms with Crippen molar-refractivity contribution in [3.8, 4) is 11.5 Å². The van der Waals surface area contributed by atoms with Gasteiger partial charge in [-0.2, -0.15) is 10.1 Å². The Kier molecular flexibility index (Phi) is 3.82. The lowest BCUT2D eigenvalue weighted by molar-refractivity contribution is -0.140. The summed E-state index contributed by atoms with van der Waals surface area (Å²) in [5.41, 5.74) is 0.651. The number of carbonyl (C=O) groups excluding carboxylic acids is 2. The number of rotatable bonds is 4. The molecular weight excluding hydrogens is 320 g/mol. The molecule has 6 nitrogen and oxygen atoms in total. The van der Waals surface area contributed by atoms with Crippen LogP contribution in [0.5, 0.6) is 11.5 Å². The minimum atomic E-state index is -0.249. The molecule has 2 fully saturated rings. The van der Waals surface area contributed by atoms with Gasteiger partial charge in [-0.1, -0.05) is 18.2 Å².